The summed E-state index contributed by atoms with van der Waals surface area (Å²) in [6, 6.07) is 0.795. The van der Waals surface area contributed by atoms with Gasteiger partial charge in [0.15, 0.2) is 0 Å². The molecule has 3 rings (SSSR count). The summed E-state index contributed by atoms with van der Waals surface area (Å²) in [5.41, 5.74) is 0.553. The van der Waals surface area contributed by atoms with Crippen LogP contribution >= 0.6 is 0 Å². The van der Waals surface area contributed by atoms with Gasteiger partial charge in [0.05, 0.1) is 6.33 Å². The maximum atomic E-state index is 12.1. The van der Waals surface area contributed by atoms with E-state index in [0.717, 1.165) is 32.4 Å². The summed E-state index contributed by atoms with van der Waals surface area (Å²) in [6.07, 6.45) is 10.7. The fourth-order valence-corrected chi connectivity index (χ4v) is 3.07. The zero-order chi connectivity index (χ0) is 13.1. The highest BCUT2D eigenvalue weighted by atomic mass is 16.2. The van der Waals surface area contributed by atoms with Crippen molar-refractivity contribution in [2.75, 3.05) is 13.1 Å². The highest BCUT2D eigenvalue weighted by Crippen LogP contribution is 2.19. The summed E-state index contributed by atoms with van der Waals surface area (Å²) < 4.78 is 2.08. The monoisotopic (exact) mass is 262 g/mol. The van der Waals surface area contributed by atoms with E-state index in [-0.39, 0.29) is 5.91 Å². The second kappa shape index (κ2) is 5.74. The van der Waals surface area contributed by atoms with E-state index in [1.54, 1.807) is 6.33 Å². The molecule has 0 spiro atoms. The van der Waals surface area contributed by atoms with Gasteiger partial charge in [-0.15, -0.1) is 0 Å². The molecule has 1 unspecified atom stereocenters. The Morgan fingerprint density at radius 1 is 1.32 bits per heavy atom. The first kappa shape index (κ1) is 12.7. The lowest BCUT2D eigenvalue weighted by atomic mass is 10.1. The predicted molar refractivity (Wildman–Crippen MR) is 73.1 cm³/mol. The van der Waals surface area contributed by atoms with Crippen LogP contribution in [0.1, 0.15) is 55.1 Å². The van der Waals surface area contributed by atoms with Gasteiger partial charge in [-0.05, 0) is 32.2 Å². The van der Waals surface area contributed by atoms with Gasteiger partial charge in [0, 0.05) is 24.8 Å². The average molecular weight is 262 g/mol. The molecule has 1 saturated heterocycles. The average Bonchev–Trinajstić information content (AvgIpc) is 3.10. The van der Waals surface area contributed by atoms with E-state index in [0.29, 0.717) is 17.8 Å². The molecule has 0 radical (unpaired) electrons. The van der Waals surface area contributed by atoms with Gasteiger partial charge in [-0.2, -0.15) is 0 Å². The second-order valence-electron chi connectivity index (χ2n) is 5.66. The Morgan fingerprint density at radius 2 is 2.16 bits per heavy atom. The van der Waals surface area contributed by atoms with Crippen LogP contribution in [0.3, 0.4) is 0 Å². The number of piperidine rings is 1. The zero-order valence-electron chi connectivity index (χ0n) is 11.3. The third kappa shape index (κ3) is 2.97. The summed E-state index contributed by atoms with van der Waals surface area (Å²) in [7, 11) is 0. The molecule has 5 nitrogen and oxygen atoms in total. The van der Waals surface area contributed by atoms with Crippen LogP contribution in [-0.2, 0) is 0 Å². The van der Waals surface area contributed by atoms with Crippen molar-refractivity contribution in [2.45, 2.75) is 50.6 Å². The number of carbonyl (C=O) groups is 1. The van der Waals surface area contributed by atoms with Gasteiger partial charge in [0.1, 0.15) is 5.69 Å². The highest BCUT2D eigenvalue weighted by Gasteiger charge is 2.21. The molecule has 1 aromatic heterocycles. The number of aromatic nitrogens is 2. The molecule has 0 aromatic carbocycles. The number of hydrogen-bond donors (Lipinski definition) is 2. The fourth-order valence-electron chi connectivity index (χ4n) is 3.07. The number of imidazole rings is 1. The molecule has 19 heavy (non-hydrogen) atoms. The number of nitrogens with zero attached hydrogens (tertiary/aromatic N) is 2. The van der Waals surface area contributed by atoms with E-state index < -0.39 is 0 Å². The Labute approximate surface area is 113 Å². The van der Waals surface area contributed by atoms with Crippen molar-refractivity contribution in [3.8, 4) is 0 Å². The van der Waals surface area contributed by atoms with Crippen LogP contribution in [0.4, 0.5) is 0 Å². The maximum absolute atomic E-state index is 12.1. The molecule has 2 fully saturated rings. The van der Waals surface area contributed by atoms with Gasteiger partial charge in [0.2, 0.25) is 0 Å². The Morgan fingerprint density at radius 3 is 2.89 bits per heavy atom. The van der Waals surface area contributed by atoms with Gasteiger partial charge < -0.3 is 15.2 Å². The van der Waals surface area contributed by atoms with Gasteiger partial charge >= 0.3 is 0 Å². The molecule has 0 bridgehead atoms. The molecule has 1 aromatic rings. The van der Waals surface area contributed by atoms with E-state index in [1.807, 2.05) is 6.20 Å². The lowest BCUT2D eigenvalue weighted by Gasteiger charge is -2.23. The van der Waals surface area contributed by atoms with Crippen molar-refractivity contribution in [2.24, 2.45) is 0 Å². The van der Waals surface area contributed by atoms with Gasteiger partial charge in [-0.3, -0.25) is 4.79 Å². The minimum atomic E-state index is -0.0191. The molecule has 2 heterocycles. The van der Waals surface area contributed by atoms with Crippen LogP contribution in [-0.4, -0.2) is 34.6 Å². The standard InChI is InChI=1S/C14H22N4O/c19-14(17-11-4-1-2-5-11)13-9-18(10-16-13)12-6-3-7-15-8-12/h9-12,15H,1-8H2,(H,17,19). The third-order valence-corrected chi connectivity index (χ3v) is 4.22. The Hall–Kier alpha value is -1.36. The summed E-state index contributed by atoms with van der Waals surface area (Å²) in [6.45, 7) is 2.07. The normalized spacial score (nSPS) is 24.5. The molecule has 1 saturated carbocycles. The number of nitrogens with one attached hydrogen (secondary N) is 2. The summed E-state index contributed by atoms with van der Waals surface area (Å²) in [5, 5.41) is 6.46. The first-order chi connectivity index (χ1) is 9.33. The SMILES string of the molecule is O=C(NC1CCCC1)c1cn(C2CCCNC2)cn1. The minimum absolute atomic E-state index is 0.0191. The highest BCUT2D eigenvalue weighted by molar-refractivity contribution is 5.92. The lowest BCUT2D eigenvalue weighted by molar-refractivity contribution is 0.0933. The number of carbonyl (C=O) groups excluding carboxylic acids is 1. The van der Waals surface area contributed by atoms with Crippen molar-refractivity contribution in [3.05, 3.63) is 18.2 Å². The van der Waals surface area contributed by atoms with Crippen molar-refractivity contribution >= 4 is 5.91 Å². The lowest BCUT2D eigenvalue weighted by Crippen LogP contribution is -2.33. The van der Waals surface area contributed by atoms with Crippen molar-refractivity contribution < 1.29 is 4.79 Å². The van der Waals surface area contributed by atoms with Gasteiger partial charge in [-0.25, -0.2) is 4.98 Å². The molecule has 104 valence electrons. The van der Waals surface area contributed by atoms with Crippen LogP contribution in [0.5, 0.6) is 0 Å². The minimum Gasteiger partial charge on any atom is -0.348 e. The van der Waals surface area contributed by atoms with Crippen molar-refractivity contribution in [1.82, 2.24) is 20.2 Å². The molecule has 2 aliphatic rings. The molecule has 1 atom stereocenters. The van der Waals surface area contributed by atoms with E-state index in [2.05, 4.69) is 20.2 Å². The molecule has 2 N–H and O–H groups in total. The first-order valence-corrected chi connectivity index (χ1v) is 7.38. The van der Waals surface area contributed by atoms with Crippen LogP contribution in [0.2, 0.25) is 0 Å². The number of rotatable bonds is 3. The van der Waals surface area contributed by atoms with E-state index in [4.69, 9.17) is 0 Å². The topological polar surface area (TPSA) is 59.0 Å². The molecule has 5 heteroatoms. The Kier molecular flexibility index (Phi) is 3.82. The Bertz CT molecular complexity index is 430. The summed E-state index contributed by atoms with van der Waals surface area (Å²) in [5.74, 6) is -0.0191. The summed E-state index contributed by atoms with van der Waals surface area (Å²) >= 11 is 0. The van der Waals surface area contributed by atoms with E-state index in [9.17, 15) is 4.79 Å². The molecular formula is C14H22N4O. The second-order valence-corrected chi connectivity index (χ2v) is 5.66. The Balaban J connectivity index is 1.61. The largest absolute Gasteiger partial charge is 0.348 e. The zero-order valence-corrected chi connectivity index (χ0v) is 11.3. The van der Waals surface area contributed by atoms with E-state index in [1.165, 1.54) is 19.3 Å². The fraction of sp³-hybridized carbons (Fsp3) is 0.714. The van der Waals surface area contributed by atoms with Crippen LogP contribution < -0.4 is 10.6 Å². The smallest absolute Gasteiger partial charge is 0.271 e. The molecule has 1 aliphatic heterocycles. The van der Waals surface area contributed by atoms with Crippen molar-refractivity contribution in [3.63, 3.8) is 0 Å². The number of amides is 1. The van der Waals surface area contributed by atoms with Gasteiger partial charge in [-0.1, -0.05) is 12.8 Å². The maximum Gasteiger partial charge on any atom is 0.271 e. The third-order valence-electron chi connectivity index (χ3n) is 4.22. The number of hydrogen-bond acceptors (Lipinski definition) is 3. The first-order valence-electron chi connectivity index (χ1n) is 7.38. The van der Waals surface area contributed by atoms with Crippen LogP contribution in [0.25, 0.3) is 0 Å². The molecule has 1 amide bonds. The van der Waals surface area contributed by atoms with Crippen molar-refractivity contribution in [1.29, 1.82) is 0 Å². The molecule has 1 aliphatic carbocycles. The van der Waals surface area contributed by atoms with E-state index >= 15 is 0 Å². The van der Waals surface area contributed by atoms with Crippen LogP contribution in [0.15, 0.2) is 12.5 Å². The van der Waals surface area contributed by atoms with Gasteiger partial charge in [0.25, 0.3) is 5.91 Å². The predicted octanol–water partition coefficient (Wildman–Crippen LogP) is 1.48. The quantitative estimate of drug-likeness (QED) is 0.867. The molecular weight excluding hydrogens is 240 g/mol. The summed E-state index contributed by atoms with van der Waals surface area (Å²) in [4.78, 5) is 16.4. The van der Waals surface area contributed by atoms with Crippen LogP contribution in [0, 0.1) is 0 Å².